The summed E-state index contributed by atoms with van der Waals surface area (Å²) in [5.74, 6) is 3.11. The summed E-state index contributed by atoms with van der Waals surface area (Å²) in [6.07, 6.45) is 11.3. The quantitative estimate of drug-likeness (QED) is 0.718. The zero-order valence-corrected chi connectivity index (χ0v) is 13.7. The molecule has 4 rings (SSSR count). The molecule has 124 valence electrons. The molecule has 1 atom stereocenters. The van der Waals surface area contributed by atoms with Gasteiger partial charge in [-0.15, -0.1) is 10.2 Å². The summed E-state index contributed by atoms with van der Waals surface area (Å²) in [6, 6.07) is 1.84. The Morgan fingerprint density at radius 2 is 2.04 bits per heavy atom. The zero-order chi connectivity index (χ0) is 16.4. The minimum Gasteiger partial charge on any atom is -0.340 e. The van der Waals surface area contributed by atoms with E-state index in [1.165, 1.54) is 0 Å². The van der Waals surface area contributed by atoms with Gasteiger partial charge in [0, 0.05) is 50.8 Å². The molecule has 1 aliphatic rings. The molecule has 0 amide bonds. The standard InChI is InChI=1S/C16H20N8/c1-22-14(11-23-9-7-17-12-23)20-21-15(22)13-4-2-8-24(10-13)16-18-5-3-6-19-16/h3,5-7,9,12-13H,2,4,8,10-11H2,1H3/t13-/m1/s1. The monoisotopic (exact) mass is 324 g/mol. The molecule has 1 saturated heterocycles. The first-order valence-corrected chi connectivity index (χ1v) is 8.17. The summed E-state index contributed by atoms with van der Waals surface area (Å²) < 4.78 is 4.11. The van der Waals surface area contributed by atoms with E-state index in [0.717, 1.165) is 43.5 Å². The highest BCUT2D eigenvalue weighted by molar-refractivity contribution is 5.30. The van der Waals surface area contributed by atoms with Gasteiger partial charge >= 0.3 is 0 Å². The van der Waals surface area contributed by atoms with Gasteiger partial charge in [0.1, 0.15) is 5.82 Å². The van der Waals surface area contributed by atoms with Gasteiger partial charge in [-0.3, -0.25) is 0 Å². The molecule has 1 aliphatic heterocycles. The van der Waals surface area contributed by atoms with Crippen LogP contribution in [0, 0.1) is 0 Å². The lowest BCUT2D eigenvalue weighted by atomic mass is 9.97. The Labute approximate surface area is 140 Å². The molecule has 8 nitrogen and oxygen atoms in total. The van der Waals surface area contributed by atoms with Gasteiger partial charge in [0.25, 0.3) is 0 Å². The number of anilines is 1. The van der Waals surface area contributed by atoms with Crippen molar-refractivity contribution in [1.29, 1.82) is 0 Å². The lowest BCUT2D eigenvalue weighted by molar-refractivity contribution is 0.473. The van der Waals surface area contributed by atoms with Crippen LogP contribution in [0.25, 0.3) is 0 Å². The molecule has 0 aliphatic carbocycles. The molecule has 0 radical (unpaired) electrons. The normalized spacial score (nSPS) is 18.0. The van der Waals surface area contributed by atoms with Gasteiger partial charge in [-0.25, -0.2) is 15.0 Å². The number of hydrogen-bond donors (Lipinski definition) is 0. The van der Waals surface area contributed by atoms with Crippen molar-refractivity contribution in [3.8, 4) is 0 Å². The minimum atomic E-state index is 0.344. The van der Waals surface area contributed by atoms with Gasteiger partial charge in [0.15, 0.2) is 5.82 Å². The number of hydrogen-bond acceptors (Lipinski definition) is 6. The minimum absolute atomic E-state index is 0.344. The fourth-order valence-electron chi connectivity index (χ4n) is 3.24. The third-order valence-corrected chi connectivity index (χ3v) is 4.50. The van der Waals surface area contributed by atoms with Crippen LogP contribution in [0.3, 0.4) is 0 Å². The third-order valence-electron chi connectivity index (χ3n) is 4.50. The van der Waals surface area contributed by atoms with Gasteiger partial charge in [-0.2, -0.15) is 0 Å². The second kappa shape index (κ2) is 6.38. The van der Waals surface area contributed by atoms with E-state index in [1.54, 1.807) is 24.9 Å². The number of nitrogens with zero attached hydrogens (tertiary/aromatic N) is 8. The Balaban J connectivity index is 1.52. The van der Waals surface area contributed by atoms with Crippen LogP contribution in [-0.2, 0) is 13.6 Å². The lowest BCUT2D eigenvalue weighted by Gasteiger charge is -2.32. The predicted octanol–water partition coefficient (Wildman–Crippen LogP) is 1.23. The molecule has 0 saturated carbocycles. The first kappa shape index (κ1) is 14.8. The number of piperidine rings is 1. The van der Waals surface area contributed by atoms with Crippen LogP contribution < -0.4 is 4.90 Å². The maximum absolute atomic E-state index is 4.46. The van der Waals surface area contributed by atoms with Gasteiger partial charge < -0.3 is 14.0 Å². The first-order valence-electron chi connectivity index (χ1n) is 8.17. The molecular formula is C16H20N8. The summed E-state index contributed by atoms with van der Waals surface area (Å²) in [5.41, 5.74) is 0. The van der Waals surface area contributed by atoms with Crippen molar-refractivity contribution < 1.29 is 0 Å². The van der Waals surface area contributed by atoms with Crippen LogP contribution in [0.4, 0.5) is 5.95 Å². The topological polar surface area (TPSA) is 77.5 Å². The Hall–Kier alpha value is -2.77. The summed E-state index contributed by atoms with van der Waals surface area (Å²) in [7, 11) is 2.04. The molecule has 0 aromatic carbocycles. The molecule has 3 aromatic heterocycles. The van der Waals surface area contributed by atoms with E-state index in [-0.39, 0.29) is 0 Å². The van der Waals surface area contributed by atoms with Crippen LogP contribution >= 0.6 is 0 Å². The smallest absolute Gasteiger partial charge is 0.225 e. The van der Waals surface area contributed by atoms with Crippen LogP contribution in [0.1, 0.15) is 30.4 Å². The SMILES string of the molecule is Cn1c(Cn2ccnc2)nnc1[C@@H]1CCCN(c2ncccn2)C1. The first-order chi connectivity index (χ1) is 11.8. The van der Waals surface area contributed by atoms with Crippen molar-refractivity contribution in [3.05, 3.63) is 48.8 Å². The number of aromatic nitrogens is 7. The van der Waals surface area contributed by atoms with E-state index in [1.807, 2.05) is 23.9 Å². The van der Waals surface area contributed by atoms with Crippen LogP contribution in [-0.4, -0.2) is 47.4 Å². The predicted molar refractivity (Wildman–Crippen MR) is 88.6 cm³/mol. The van der Waals surface area contributed by atoms with Crippen molar-refractivity contribution in [2.75, 3.05) is 18.0 Å². The van der Waals surface area contributed by atoms with E-state index in [9.17, 15) is 0 Å². The fourth-order valence-corrected chi connectivity index (χ4v) is 3.24. The number of imidazole rings is 1. The highest BCUT2D eigenvalue weighted by Crippen LogP contribution is 2.27. The maximum Gasteiger partial charge on any atom is 0.225 e. The molecule has 0 spiro atoms. The Morgan fingerprint density at radius 3 is 2.83 bits per heavy atom. The molecule has 24 heavy (non-hydrogen) atoms. The van der Waals surface area contributed by atoms with Crippen molar-refractivity contribution in [1.82, 2.24) is 34.3 Å². The van der Waals surface area contributed by atoms with Crippen molar-refractivity contribution in [2.24, 2.45) is 7.05 Å². The molecule has 4 heterocycles. The Bertz CT molecular complexity index is 780. The van der Waals surface area contributed by atoms with Gasteiger partial charge in [-0.05, 0) is 18.9 Å². The van der Waals surface area contributed by atoms with E-state index in [0.29, 0.717) is 12.5 Å². The van der Waals surface area contributed by atoms with E-state index in [4.69, 9.17) is 0 Å². The van der Waals surface area contributed by atoms with E-state index in [2.05, 4.69) is 34.6 Å². The zero-order valence-electron chi connectivity index (χ0n) is 13.7. The molecule has 0 bridgehead atoms. The second-order valence-electron chi connectivity index (χ2n) is 6.10. The Morgan fingerprint density at radius 1 is 1.17 bits per heavy atom. The summed E-state index contributed by atoms with van der Waals surface area (Å²) in [5, 5.41) is 8.84. The van der Waals surface area contributed by atoms with Crippen LogP contribution in [0.2, 0.25) is 0 Å². The molecule has 0 unspecified atom stereocenters. The van der Waals surface area contributed by atoms with Crippen molar-refractivity contribution in [3.63, 3.8) is 0 Å². The van der Waals surface area contributed by atoms with Crippen LogP contribution in [0.5, 0.6) is 0 Å². The largest absolute Gasteiger partial charge is 0.340 e. The molecule has 3 aromatic rings. The third kappa shape index (κ3) is 2.86. The van der Waals surface area contributed by atoms with E-state index >= 15 is 0 Å². The van der Waals surface area contributed by atoms with Crippen molar-refractivity contribution in [2.45, 2.75) is 25.3 Å². The van der Waals surface area contributed by atoms with Crippen molar-refractivity contribution >= 4 is 5.95 Å². The van der Waals surface area contributed by atoms with Gasteiger partial charge in [-0.1, -0.05) is 0 Å². The molecule has 0 N–H and O–H groups in total. The summed E-state index contributed by atoms with van der Waals surface area (Å²) in [6.45, 7) is 2.54. The average molecular weight is 324 g/mol. The van der Waals surface area contributed by atoms with E-state index < -0.39 is 0 Å². The molecule has 8 heteroatoms. The summed E-state index contributed by atoms with van der Waals surface area (Å²) in [4.78, 5) is 15.0. The van der Waals surface area contributed by atoms with Gasteiger partial charge in [0.05, 0.1) is 12.9 Å². The van der Waals surface area contributed by atoms with Crippen LogP contribution in [0.15, 0.2) is 37.2 Å². The highest BCUT2D eigenvalue weighted by atomic mass is 15.3. The number of rotatable bonds is 4. The summed E-state index contributed by atoms with van der Waals surface area (Å²) >= 11 is 0. The fraction of sp³-hybridized carbons (Fsp3) is 0.438. The Kier molecular flexibility index (Phi) is 3.94. The van der Waals surface area contributed by atoms with Gasteiger partial charge in [0.2, 0.25) is 5.95 Å². The highest BCUT2D eigenvalue weighted by Gasteiger charge is 2.27. The molecular weight excluding hydrogens is 304 g/mol. The lowest BCUT2D eigenvalue weighted by Crippen LogP contribution is -2.36. The average Bonchev–Trinajstić information content (AvgIpc) is 3.27. The maximum atomic E-state index is 4.46. The molecule has 1 fully saturated rings. The second-order valence-corrected chi connectivity index (χ2v) is 6.10.